The van der Waals surface area contributed by atoms with Crippen molar-refractivity contribution in [2.75, 3.05) is 18.5 Å². The molecule has 0 fully saturated rings. The van der Waals surface area contributed by atoms with Crippen LogP contribution in [0.4, 0.5) is 5.82 Å². The third-order valence-corrected chi connectivity index (χ3v) is 2.68. The van der Waals surface area contributed by atoms with Gasteiger partial charge in [-0.25, -0.2) is 9.97 Å². The third-order valence-electron chi connectivity index (χ3n) is 2.48. The van der Waals surface area contributed by atoms with Crippen molar-refractivity contribution in [1.29, 1.82) is 0 Å². The van der Waals surface area contributed by atoms with Gasteiger partial charge in [0, 0.05) is 19.2 Å². The van der Waals surface area contributed by atoms with E-state index in [2.05, 4.69) is 20.6 Å². The topological polar surface area (TPSA) is 76.1 Å². The largest absolute Gasteiger partial charge is 0.374 e. The molecule has 1 rings (SSSR count). The normalized spacial score (nSPS) is 12.0. The van der Waals surface area contributed by atoms with E-state index in [0.717, 1.165) is 6.42 Å². The molecule has 0 aromatic carbocycles. The molecule has 1 heterocycles. The van der Waals surface area contributed by atoms with E-state index in [1.165, 1.54) is 0 Å². The summed E-state index contributed by atoms with van der Waals surface area (Å²) in [7, 11) is 0. The predicted octanol–water partition coefficient (Wildman–Crippen LogP) is 1.99. The first kappa shape index (κ1) is 16.7. The molecule has 0 aliphatic heterocycles. The van der Waals surface area contributed by atoms with E-state index in [4.69, 9.17) is 16.3 Å². The second-order valence-electron chi connectivity index (χ2n) is 4.29. The number of halogens is 1. The summed E-state index contributed by atoms with van der Waals surface area (Å²) in [6.07, 6.45) is 0.899. The second kappa shape index (κ2) is 8.71. The van der Waals surface area contributed by atoms with Crippen LogP contribution in [0.2, 0.25) is 5.15 Å². The minimum absolute atomic E-state index is 0.0760. The van der Waals surface area contributed by atoms with Crippen molar-refractivity contribution in [2.45, 2.75) is 39.8 Å². The lowest BCUT2D eigenvalue weighted by Crippen LogP contribution is -2.38. The Morgan fingerprint density at radius 2 is 2.20 bits per heavy atom. The number of anilines is 1. The van der Waals surface area contributed by atoms with Gasteiger partial charge in [-0.3, -0.25) is 4.79 Å². The van der Waals surface area contributed by atoms with Crippen molar-refractivity contribution < 1.29 is 9.53 Å². The summed E-state index contributed by atoms with van der Waals surface area (Å²) in [5, 5.41) is 6.14. The molecule has 0 aliphatic carbocycles. The van der Waals surface area contributed by atoms with E-state index in [0.29, 0.717) is 36.6 Å². The van der Waals surface area contributed by atoms with Gasteiger partial charge in [-0.2, -0.15) is 0 Å². The zero-order valence-corrected chi connectivity index (χ0v) is 12.8. The lowest BCUT2D eigenvalue weighted by atomic mass is 10.3. The second-order valence-corrected chi connectivity index (χ2v) is 4.67. The molecular formula is C13H21ClN4O2. The molecule has 7 heteroatoms. The van der Waals surface area contributed by atoms with Gasteiger partial charge in [0.05, 0.1) is 0 Å². The van der Waals surface area contributed by atoms with Crippen LogP contribution < -0.4 is 10.6 Å². The number of nitrogens with zero attached hydrogens (tertiary/aromatic N) is 2. The number of hydrogen-bond donors (Lipinski definition) is 2. The van der Waals surface area contributed by atoms with E-state index >= 15 is 0 Å². The van der Waals surface area contributed by atoms with Gasteiger partial charge in [0.1, 0.15) is 23.6 Å². The summed E-state index contributed by atoms with van der Waals surface area (Å²) >= 11 is 5.93. The van der Waals surface area contributed by atoms with Crippen LogP contribution in [0, 0.1) is 0 Å². The standard InChI is InChI=1S/C13H21ClN4O2/c1-4-6-15-13(19)9(3)16-11-7-10(14)17-12(18-11)8-20-5-2/h7,9H,4-6,8H2,1-3H3,(H,15,19)(H,16,17,18). The number of hydrogen-bond acceptors (Lipinski definition) is 5. The maximum absolute atomic E-state index is 11.8. The summed E-state index contributed by atoms with van der Waals surface area (Å²) < 4.78 is 5.24. The Kier molecular flexibility index (Phi) is 7.25. The van der Waals surface area contributed by atoms with Crippen molar-refractivity contribution >= 4 is 23.3 Å². The lowest BCUT2D eigenvalue weighted by Gasteiger charge is -2.15. The Labute approximate surface area is 124 Å². The fourth-order valence-electron chi connectivity index (χ4n) is 1.49. The van der Waals surface area contributed by atoms with Gasteiger partial charge in [0.15, 0.2) is 5.82 Å². The molecule has 0 radical (unpaired) electrons. The predicted molar refractivity (Wildman–Crippen MR) is 78.8 cm³/mol. The molecule has 0 bridgehead atoms. The number of ether oxygens (including phenoxy) is 1. The first-order valence-corrected chi connectivity index (χ1v) is 7.10. The molecule has 1 amide bonds. The summed E-state index contributed by atoms with van der Waals surface area (Å²) in [6.45, 7) is 7.19. The SMILES string of the molecule is CCCNC(=O)C(C)Nc1cc(Cl)nc(COCC)n1. The number of carbonyl (C=O) groups is 1. The minimum atomic E-state index is -0.396. The molecule has 1 aromatic rings. The van der Waals surface area contributed by atoms with Gasteiger partial charge >= 0.3 is 0 Å². The number of aromatic nitrogens is 2. The van der Waals surface area contributed by atoms with Crippen LogP contribution in [0.25, 0.3) is 0 Å². The van der Waals surface area contributed by atoms with Gasteiger partial charge in [-0.1, -0.05) is 18.5 Å². The van der Waals surface area contributed by atoms with Crippen molar-refractivity contribution in [3.05, 3.63) is 17.0 Å². The van der Waals surface area contributed by atoms with Gasteiger partial charge in [-0.15, -0.1) is 0 Å². The van der Waals surface area contributed by atoms with E-state index in [1.54, 1.807) is 13.0 Å². The summed E-state index contributed by atoms with van der Waals surface area (Å²) in [4.78, 5) is 20.1. The molecule has 0 spiro atoms. The Morgan fingerprint density at radius 3 is 2.85 bits per heavy atom. The molecular weight excluding hydrogens is 280 g/mol. The van der Waals surface area contributed by atoms with E-state index in [9.17, 15) is 4.79 Å². The average molecular weight is 301 g/mol. The average Bonchev–Trinajstić information content (AvgIpc) is 2.41. The van der Waals surface area contributed by atoms with Crippen molar-refractivity contribution in [2.24, 2.45) is 0 Å². The quantitative estimate of drug-likeness (QED) is 0.718. The summed E-state index contributed by atoms with van der Waals surface area (Å²) in [6, 6.07) is 1.19. The molecule has 6 nitrogen and oxygen atoms in total. The molecule has 0 saturated carbocycles. The highest BCUT2D eigenvalue weighted by Crippen LogP contribution is 2.13. The summed E-state index contributed by atoms with van der Waals surface area (Å²) in [5.74, 6) is 0.926. The van der Waals surface area contributed by atoms with Gasteiger partial charge < -0.3 is 15.4 Å². The first-order valence-electron chi connectivity index (χ1n) is 6.72. The number of amides is 1. The molecule has 1 unspecified atom stereocenters. The van der Waals surface area contributed by atoms with Gasteiger partial charge in [-0.05, 0) is 20.3 Å². The van der Waals surface area contributed by atoms with Crippen LogP contribution in [-0.4, -0.2) is 35.1 Å². The fraction of sp³-hybridized carbons (Fsp3) is 0.615. The first-order chi connectivity index (χ1) is 9.56. The van der Waals surface area contributed by atoms with Gasteiger partial charge in [0.25, 0.3) is 0 Å². The Hall–Kier alpha value is -1.40. The monoisotopic (exact) mass is 300 g/mol. The highest BCUT2D eigenvalue weighted by Gasteiger charge is 2.13. The number of nitrogens with one attached hydrogen (secondary N) is 2. The van der Waals surface area contributed by atoms with E-state index < -0.39 is 6.04 Å². The third kappa shape index (κ3) is 5.71. The zero-order valence-electron chi connectivity index (χ0n) is 12.1. The molecule has 1 aromatic heterocycles. The zero-order chi connectivity index (χ0) is 15.0. The number of rotatable bonds is 8. The smallest absolute Gasteiger partial charge is 0.242 e. The number of carbonyl (C=O) groups excluding carboxylic acids is 1. The van der Waals surface area contributed by atoms with Crippen LogP contribution in [0.15, 0.2) is 6.07 Å². The summed E-state index contributed by atoms with van der Waals surface area (Å²) in [5.41, 5.74) is 0. The van der Waals surface area contributed by atoms with Crippen LogP contribution in [0.3, 0.4) is 0 Å². The Morgan fingerprint density at radius 1 is 1.45 bits per heavy atom. The molecule has 0 saturated heterocycles. The van der Waals surface area contributed by atoms with E-state index in [1.807, 2.05) is 13.8 Å². The molecule has 2 N–H and O–H groups in total. The molecule has 112 valence electrons. The van der Waals surface area contributed by atoms with Crippen LogP contribution >= 0.6 is 11.6 Å². The Balaban J connectivity index is 2.66. The Bertz CT molecular complexity index is 442. The highest BCUT2D eigenvalue weighted by atomic mass is 35.5. The lowest BCUT2D eigenvalue weighted by molar-refractivity contribution is -0.121. The van der Waals surface area contributed by atoms with Crippen LogP contribution in [-0.2, 0) is 16.1 Å². The van der Waals surface area contributed by atoms with Crippen molar-refractivity contribution in [1.82, 2.24) is 15.3 Å². The minimum Gasteiger partial charge on any atom is -0.374 e. The maximum atomic E-state index is 11.8. The maximum Gasteiger partial charge on any atom is 0.242 e. The van der Waals surface area contributed by atoms with Gasteiger partial charge in [0.2, 0.25) is 5.91 Å². The van der Waals surface area contributed by atoms with E-state index in [-0.39, 0.29) is 5.91 Å². The molecule has 0 aliphatic rings. The molecule has 20 heavy (non-hydrogen) atoms. The van der Waals surface area contributed by atoms with Crippen LogP contribution in [0.5, 0.6) is 0 Å². The molecule has 1 atom stereocenters. The van der Waals surface area contributed by atoms with Crippen molar-refractivity contribution in [3.8, 4) is 0 Å². The highest BCUT2D eigenvalue weighted by molar-refractivity contribution is 6.29. The van der Waals surface area contributed by atoms with Crippen LogP contribution in [0.1, 0.15) is 33.0 Å². The fourth-order valence-corrected chi connectivity index (χ4v) is 1.69. The van der Waals surface area contributed by atoms with Crippen molar-refractivity contribution in [3.63, 3.8) is 0 Å².